The zero-order valence-electron chi connectivity index (χ0n) is 14.2. The third kappa shape index (κ3) is 3.43. The van der Waals surface area contributed by atoms with E-state index < -0.39 is 0 Å². The topological polar surface area (TPSA) is 90.4 Å². The monoisotopic (exact) mass is 427 g/mol. The van der Waals surface area contributed by atoms with E-state index in [9.17, 15) is 4.79 Å². The second kappa shape index (κ2) is 7.24. The largest absolute Gasteiger partial charge is 0.490 e. The summed E-state index contributed by atoms with van der Waals surface area (Å²) in [7, 11) is 0. The number of carbonyl (C=O) groups is 1. The van der Waals surface area contributed by atoms with E-state index in [-0.39, 0.29) is 17.8 Å². The third-order valence-corrected chi connectivity index (χ3v) is 4.47. The molecule has 136 valence electrons. The average Bonchev–Trinajstić information content (AvgIpc) is 3.29. The first-order valence-corrected chi connectivity index (χ1v) is 9.00. The van der Waals surface area contributed by atoms with Crippen LogP contribution in [-0.4, -0.2) is 22.7 Å². The van der Waals surface area contributed by atoms with E-state index in [2.05, 4.69) is 31.4 Å². The summed E-state index contributed by atoms with van der Waals surface area (Å²) >= 11 is 3.34. The van der Waals surface area contributed by atoms with Crippen LogP contribution in [0.5, 0.6) is 5.75 Å². The summed E-state index contributed by atoms with van der Waals surface area (Å²) in [5.41, 5.74) is 1.06. The zero-order chi connectivity index (χ0) is 18.8. The maximum absolute atomic E-state index is 12.3. The van der Waals surface area contributed by atoms with Gasteiger partial charge in [0.15, 0.2) is 17.1 Å². The molecule has 0 saturated carbocycles. The lowest BCUT2D eigenvalue weighted by Gasteiger charge is -2.02. The molecule has 0 atom stereocenters. The fourth-order valence-electron chi connectivity index (χ4n) is 2.59. The summed E-state index contributed by atoms with van der Waals surface area (Å²) < 4.78 is 17.6. The van der Waals surface area contributed by atoms with Crippen molar-refractivity contribution in [3.63, 3.8) is 0 Å². The van der Waals surface area contributed by atoms with Crippen molar-refractivity contribution < 1.29 is 18.4 Å². The Labute approximate surface area is 162 Å². The molecule has 2 aromatic carbocycles. The summed E-state index contributed by atoms with van der Waals surface area (Å²) in [6, 6.07) is 14.4. The van der Waals surface area contributed by atoms with E-state index in [0.29, 0.717) is 33.7 Å². The quantitative estimate of drug-likeness (QED) is 0.487. The van der Waals surface area contributed by atoms with Gasteiger partial charge in [0.25, 0.3) is 11.8 Å². The van der Waals surface area contributed by atoms with E-state index in [1.54, 1.807) is 24.3 Å². The number of furan rings is 1. The normalized spacial score (nSPS) is 10.9. The Morgan fingerprint density at radius 1 is 1.15 bits per heavy atom. The number of anilines is 1. The number of nitrogens with one attached hydrogen (secondary N) is 1. The minimum Gasteiger partial charge on any atom is -0.490 e. The van der Waals surface area contributed by atoms with Gasteiger partial charge in [0.05, 0.1) is 12.2 Å². The summed E-state index contributed by atoms with van der Waals surface area (Å²) in [6.45, 7) is 2.43. The van der Waals surface area contributed by atoms with Crippen molar-refractivity contribution in [3.05, 3.63) is 58.6 Å². The van der Waals surface area contributed by atoms with Crippen LogP contribution in [0.25, 0.3) is 22.6 Å². The highest BCUT2D eigenvalue weighted by Gasteiger charge is 2.18. The van der Waals surface area contributed by atoms with Crippen LogP contribution in [0, 0.1) is 0 Å². The molecule has 8 heteroatoms. The van der Waals surface area contributed by atoms with Crippen molar-refractivity contribution in [2.75, 3.05) is 11.9 Å². The molecule has 1 amide bonds. The number of ether oxygens (including phenoxy) is 1. The number of rotatable bonds is 5. The zero-order valence-corrected chi connectivity index (χ0v) is 15.8. The number of halogens is 1. The molecular weight excluding hydrogens is 414 g/mol. The maximum atomic E-state index is 12.3. The van der Waals surface area contributed by atoms with Gasteiger partial charge in [-0.05, 0) is 47.1 Å². The fourth-order valence-corrected chi connectivity index (χ4v) is 3.06. The summed E-state index contributed by atoms with van der Waals surface area (Å²) in [4.78, 5) is 12.3. The molecule has 0 aliphatic heterocycles. The van der Waals surface area contributed by atoms with Gasteiger partial charge in [0, 0.05) is 9.86 Å². The lowest BCUT2D eigenvalue weighted by molar-refractivity contribution is 0.102. The van der Waals surface area contributed by atoms with Crippen molar-refractivity contribution in [1.29, 1.82) is 0 Å². The van der Waals surface area contributed by atoms with Crippen LogP contribution in [0.3, 0.4) is 0 Å². The molecule has 7 nitrogen and oxygen atoms in total. The number of nitrogens with zero attached hydrogens (tertiary/aromatic N) is 2. The number of hydrogen-bond acceptors (Lipinski definition) is 6. The highest BCUT2D eigenvalue weighted by molar-refractivity contribution is 9.10. The minimum atomic E-state index is -0.360. The number of aromatic nitrogens is 2. The molecule has 4 aromatic rings. The molecule has 1 N–H and O–H groups in total. The van der Waals surface area contributed by atoms with Gasteiger partial charge in [-0.2, -0.15) is 0 Å². The van der Waals surface area contributed by atoms with Gasteiger partial charge in [-0.15, -0.1) is 5.10 Å². The Morgan fingerprint density at radius 3 is 2.81 bits per heavy atom. The number of carbonyl (C=O) groups excluding carboxylic acids is 1. The summed E-state index contributed by atoms with van der Waals surface area (Å²) in [5, 5.41) is 11.2. The molecule has 0 aliphatic rings. The number of hydrogen-bond donors (Lipinski definition) is 1. The molecule has 0 unspecified atom stereocenters. The van der Waals surface area contributed by atoms with Crippen LogP contribution >= 0.6 is 15.9 Å². The standard InChI is InChI=1S/C19H14BrN3O4/c1-2-25-14-9-5-6-11-10-15(26-16(11)14)18-22-23-19(27-18)21-17(24)12-7-3-4-8-13(12)20/h3-10H,2H2,1H3,(H,21,23,24). The number of fused-ring (bicyclic) bond motifs is 1. The predicted octanol–water partition coefficient (Wildman–Crippen LogP) is 4.90. The van der Waals surface area contributed by atoms with Crippen molar-refractivity contribution in [3.8, 4) is 17.4 Å². The highest BCUT2D eigenvalue weighted by atomic mass is 79.9. The molecule has 27 heavy (non-hydrogen) atoms. The molecule has 2 aromatic heterocycles. The van der Waals surface area contributed by atoms with E-state index in [1.165, 1.54) is 0 Å². The van der Waals surface area contributed by atoms with Crippen molar-refractivity contribution in [1.82, 2.24) is 10.2 Å². The lowest BCUT2D eigenvalue weighted by atomic mass is 10.2. The van der Waals surface area contributed by atoms with Gasteiger partial charge in [-0.3, -0.25) is 10.1 Å². The Hall–Kier alpha value is -3.13. The van der Waals surface area contributed by atoms with Gasteiger partial charge < -0.3 is 13.6 Å². The van der Waals surface area contributed by atoms with Crippen molar-refractivity contribution in [2.24, 2.45) is 0 Å². The fraction of sp³-hybridized carbons (Fsp3) is 0.105. The second-order valence-electron chi connectivity index (χ2n) is 5.56. The van der Waals surface area contributed by atoms with Gasteiger partial charge in [-0.25, -0.2) is 0 Å². The van der Waals surface area contributed by atoms with Crippen LogP contribution in [0.15, 0.2) is 61.8 Å². The third-order valence-electron chi connectivity index (χ3n) is 3.78. The Kier molecular flexibility index (Phi) is 4.64. The van der Waals surface area contributed by atoms with Crippen LogP contribution in [0.1, 0.15) is 17.3 Å². The molecule has 0 bridgehead atoms. The predicted molar refractivity (Wildman–Crippen MR) is 103 cm³/mol. The second-order valence-corrected chi connectivity index (χ2v) is 6.42. The Bertz CT molecular complexity index is 1120. The molecule has 2 heterocycles. The molecule has 0 radical (unpaired) electrons. The van der Waals surface area contributed by atoms with Crippen LogP contribution in [-0.2, 0) is 0 Å². The Balaban J connectivity index is 1.59. The van der Waals surface area contributed by atoms with Crippen molar-refractivity contribution in [2.45, 2.75) is 6.92 Å². The smallest absolute Gasteiger partial charge is 0.322 e. The number of benzene rings is 2. The SMILES string of the molecule is CCOc1cccc2cc(-c3nnc(NC(=O)c4ccccc4Br)o3)oc12. The van der Waals surface area contributed by atoms with Gasteiger partial charge in [-0.1, -0.05) is 29.4 Å². The molecule has 0 spiro atoms. The van der Waals surface area contributed by atoms with E-state index in [4.69, 9.17) is 13.6 Å². The molecular formula is C19H14BrN3O4. The average molecular weight is 428 g/mol. The van der Waals surface area contributed by atoms with Gasteiger partial charge in [0.1, 0.15) is 0 Å². The Morgan fingerprint density at radius 2 is 2.00 bits per heavy atom. The highest BCUT2D eigenvalue weighted by Crippen LogP contribution is 2.33. The lowest BCUT2D eigenvalue weighted by Crippen LogP contribution is -2.12. The molecule has 0 aliphatic carbocycles. The maximum Gasteiger partial charge on any atom is 0.322 e. The van der Waals surface area contributed by atoms with E-state index in [0.717, 1.165) is 5.39 Å². The first-order valence-electron chi connectivity index (χ1n) is 8.21. The summed E-state index contributed by atoms with van der Waals surface area (Å²) in [5.74, 6) is 0.839. The molecule has 0 fully saturated rings. The van der Waals surface area contributed by atoms with Crippen LogP contribution in [0.2, 0.25) is 0 Å². The first-order chi connectivity index (χ1) is 13.2. The minimum absolute atomic E-state index is 0.0174. The summed E-state index contributed by atoms with van der Waals surface area (Å²) in [6.07, 6.45) is 0. The van der Waals surface area contributed by atoms with E-state index in [1.807, 2.05) is 31.2 Å². The number of amides is 1. The number of para-hydroxylation sites is 1. The van der Waals surface area contributed by atoms with Crippen LogP contribution in [0.4, 0.5) is 6.01 Å². The van der Waals surface area contributed by atoms with E-state index >= 15 is 0 Å². The first kappa shape index (κ1) is 17.3. The molecule has 0 saturated heterocycles. The van der Waals surface area contributed by atoms with Gasteiger partial charge in [0.2, 0.25) is 0 Å². The molecule has 4 rings (SSSR count). The van der Waals surface area contributed by atoms with Crippen molar-refractivity contribution >= 4 is 38.8 Å². The van der Waals surface area contributed by atoms with Gasteiger partial charge >= 0.3 is 6.01 Å². The van der Waals surface area contributed by atoms with Crippen LogP contribution < -0.4 is 10.1 Å².